The second kappa shape index (κ2) is 5.21. The van der Waals surface area contributed by atoms with Crippen LogP contribution in [0, 0.1) is 12.8 Å². The van der Waals surface area contributed by atoms with Crippen LogP contribution in [0.2, 0.25) is 0 Å². The average Bonchev–Trinajstić information content (AvgIpc) is 2.27. The fourth-order valence-electron chi connectivity index (χ4n) is 1.71. The summed E-state index contributed by atoms with van der Waals surface area (Å²) in [5, 5.41) is 0. The molecule has 3 heteroatoms. The largest absolute Gasteiger partial charge is 0.493 e. The molecule has 90 valence electrons. The lowest BCUT2D eigenvalue weighted by Gasteiger charge is -2.20. The lowest BCUT2D eigenvalue weighted by atomic mass is 9.93. The number of ether oxygens (including phenoxy) is 2. The monoisotopic (exact) mass is 223 g/mol. The van der Waals surface area contributed by atoms with Crippen LogP contribution in [0.15, 0.2) is 12.1 Å². The predicted molar refractivity (Wildman–Crippen MR) is 66.0 cm³/mol. The fourth-order valence-corrected chi connectivity index (χ4v) is 1.71. The van der Waals surface area contributed by atoms with Crippen molar-refractivity contribution in [3.8, 4) is 11.5 Å². The van der Waals surface area contributed by atoms with E-state index < -0.39 is 0 Å². The summed E-state index contributed by atoms with van der Waals surface area (Å²) < 4.78 is 10.5. The van der Waals surface area contributed by atoms with E-state index in [-0.39, 0.29) is 6.04 Å². The minimum Gasteiger partial charge on any atom is -0.493 e. The number of benzene rings is 1. The molecule has 0 fully saturated rings. The van der Waals surface area contributed by atoms with Crippen LogP contribution in [0.1, 0.15) is 31.0 Å². The summed E-state index contributed by atoms with van der Waals surface area (Å²) in [6.45, 7) is 6.27. The molecule has 1 atom stereocenters. The molecule has 0 heterocycles. The van der Waals surface area contributed by atoms with Crippen LogP contribution < -0.4 is 15.2 Å². The first-order valence-electron chi connectivity index (χ1n) is 5.49. The highest BCUT2D eigenvalue weighted by atomic mass is 16.5. The molecule has 0 bridgehead atoms. The van der Waals surface area contributed by atoms with E-state index in [0.717, 1.165) is 22.6 Å². The minimum absolute atomic E-state index is 0.0276. The molecule has 1 rings (SSSR count). The zero-order valence-electron chi connectivity index (χ0n) is 10.7. The Labute approximate surface area is 97.6 Å². The van der Waals surface area contributed by atoms with E-state index in [2.05, 4.69) is 13.8 Å². The Kier molecular flexibility index (Phi) is 4.19. The van der Waals surface area contributed by atoms with Gasteiger partial charge in [0.25, 0.3) is 0 Å². The van der Waals surface area contributed by atoms with Crippen LogP contribution >= 0.6 is 0 Å². The van der Waals surface area contributed by atoms with E-state index in [9.17, 15) is 0 Å². The lowest BCUT2D eigenvalue weighted by molar-refractivity contribution is 0.353. The molecule has 0 saturated heterocycles. The number of hydrogen-bond acceptors (Lipinski definition) is 3. The Hall–Kier alpha value is -1.22. The molecule has 1 aromatic rings. The molecule has 0 aliphatic carbocycles. The SMILES string of the molecule is COc1cc(C)c(C(N)C(C)C)cc1OC. The van der Waals surface area contributed by atoms with Crippen molar-refractivity contribution < 1.29 is 9.47 Å². The third-order valence-corrected chi connectivity index (χ3v) is 2.85. The molecular formula is C13H21NO2. The first kappa shape index (κ1) is 12.8. The number of hydrogen-bond donors (Lipinski definition) is 1. The Balaban J connectivity index is 3.21. The van der Waals surface area contributed by atoms with Crippen LogP contribution in [-0.4, -0.2) is 14.2 Å². The molecule has 0 spiro atoms. The second-order valence-electron chi connectivity index (χ2n) is 4.33. The highest BCUT2D eigenvalue weighted by Crippen LogP contribution is 2.33. The fraction of sp³-hybridized carbons (Fsp3) is 0.538. The highest BCUT2D eigenvalue weighted by molar-refractivity contribution is 5.48. The first-order chi connectivity index (χ1) is 7.51. The minimum atomic E-state index is 0.0276. The van der Waals surface area contributed by atoms with Gasteiger partial charge in [-0.15, -0.1) is 0 Å². The Bertz CT molecular complexity index is 361. The summed E-state index contributed by atoms with van der Waals surface area (Å²) >= 11 is 0. The van der Waals surface area contributed by atoms with E-state index in [0.29, 0.717) is 5.92 Å². The van der Waals surface area contributed by atoms with Gasteiger partial charge >= 0.3 is 0 Å². The molecular weight excluding hydrogens is 202 g/mol. The van der Waals surface area contributed by atoms with Crippen LogP contribution in [0.25, 0.3) is 0 Å². The topological polar surface area (TPSA) is 44.5 Å². The van der Waals surface area contributed by atoms with Gasteiger partial charge in [-0.3, -0.25) is 0 Å². The molecule has 1 unspecified atom stereocenters. The van der Waals surface area contributed by atoms with E-state index in [1.807, 2.05) is 19.1 Å². The summed E-state index contributed by atoms with van der Waals surface area (Å²) in [4.78, 5) is 0. The van der Waals surface area contributed by atoms with E-state index >= 15 is 0 Å². The average molecular weight is 223 g/mol. The van der Waals surface area contributed by atoms with Crippen molar-refractivity contribution in [2.45, 2.75) is 26.8 Å². The number of nitrogens with two attached hydrogens (primary N) is 1. The Morgan fingerprint density at radius 1 is 1.06 bits per heavy atom. The van der Waals surface area contributed by atoms with Crippen LogP contribution in [0.3, 0.4) is 0 Å². The normalized spacial score (nSPS) is 12.7. The van der Waals surface area contributed by atoms with Crippen molar-refractivity contribution in [3.63, 3.8) is 0 Å². The Morgan fingerprint density at radius 3 is 2.00 bits per heavy atom. The molecule has 0 amide bonds. The smallest absolute Gasteiger partial charge is 0.161 e. The van der Waals surface area contributed by atoms with Gasteiger partial charge in [0.05, 0.1) is 14.2 Å². The van der Waals surface area contributed by atoms with Gasteiger partial charge < -0.3 is 15.2 Å². The number of rotatable bonds is 4. The standard InChI is InChI=1S/C13H21NO2/c1-8(2)13(14)10-7-12(16-5)11(15-4)6-9(10)3/h6-8,13H,14H2,1-5H3. The van der Waals surface area contributed by atoms with Gasteiger partial charge in [0.1, 0.15) is 0 Å². The molecule has 0 aliphatic rings. The predicted octanol–water partition coefficient (Wildman–Crippen LogP) is 2.67. The third-order valence-electron chi connectivity index (χ3n) is 2.85. The number of methoxy groups -OCH3 is 2. The molecule has 16 heavy (non-hydrogen) atoms. The van der Waals surface area contributed by atoms with Crippen molar-refractivity contribution in [2.24, 2.45) is 11.7 Å². The maximum Gasteiger partial charge on any atom is 0.161 e. The maximum absolute atomic E-state index is 6.16. The highest BCUT2D eigenvalue weighted by Gasteiger charge is 2.16. The summed E-state index contributed by atoms with van der Waals surface area (Å²) in [6.07, 6.45) is 0. The molecule has 0 aromatic heterocycles. The quantitative estimate of drug-likeness (QED) is 0.853. The molecule has 1 aromatic carbocycles. The van der Waals surface area contributed by atoms with Gasteiger partial charge in [0, 0.05) is 6.04 Å². The molecule has 3 nitrogen and oxygen atoms in total. The second-order valence-corrected chi connectivity index (χ2v) is 4.33. The van der Waals surface area contributed by atoms with E-state index in [1.165, 1.54) is 0 Å². The molecule has 0 radical (unpaired) electrons. The molecule has 0 saturated carbocycles. The van der Waals surface area contributed by atoms with Crippen molar-refractivity contribution in [1.29, 1.82) is 0 Å². The summed E-state index contributed by atoms with van der Waals surface area (Å²) in [5.74, 6) is 1.88. The van der Waals surface area contributed by atoms with Crippen LogP contribution in [0.5, 0.6) is 11.5 Å². The third kappa shape index (κ3) is 2.47. The zero-order valence-corrected chi connectivity index (χ0v) is 10.7. The van der Waals surface area contributed by atoms with Crippen molar-refractivity contribution in [1.82, 2.24) is 0 Å². The van der Waals surface area contributed by atoms with E-state index in [1.54, 1.807) is 14.2 Å². The van der Waals surface area contributed by atoms with Gasteiger partial charge in [0.15, 0.2) is 11.5 Å². The van der Waals surface area contributed by atoms with Crippen molar-refractivity contribution in [2.75, 3.05) is 14.2 Å². The maximum atomic E-state index is 6.16. The zero-order chi connectivity index (χ0) is 12.3. The van der Waals surface area contributed by atoms with Crippen molar-refractivity contribution >= 4 is 0 Å². The summed E-state index contributed by atoms with van der Waals surface area (Å²) in [6, 6.07) is 3.97. The van der Waals surface area contributed by atoms with Crippen molar-refractivity contribution in [3.05, 3.63) is 23.3 Å². The van der Waals surface area contributed by atoms with E-state index in [4.69, 9.17) is 15.2 Å². The van der Waals surface area contributed by atoms with Crippen LogP contribution in [-0.2, 0) is 0 Å². The van der Waals surface area contributed by atoms with Gasteiger partial charge in [0.2, 0.25) is 0 Å². The Morgan fingerprint density at radius 2 is 1.56 bits per heavy atom. The van der Waals surface area contributed by atoms with Gasteiger partial charge in [-0.25, -0.2) is 0 Å². The van der Waals surface area contributed by atoms with Gasteiger partial charge in [-0.05, 0) is 36.1 Å². The molecule has 2 N–H and O–H groups in total. The summed E-state index contributed by atoms with van der Waals surface area (Å²) in [7, 11) is 3.28. The summed E-state index contributed by atoms with van der Waals surface area (Å²) in [5.41, 5.74) is 8.41. The first-order valence-corrected chi connectivity index (χ1v) is 5.49. The molecule has 0 aliphatic heterocycles. The van der Waals surface area contributed by atoms with Gasteiger partial charge in [-0.2, -0.15) is 0 Å². The van der Waals surface area contributed by atoms with Gasteiger partial charge in [-0.1, -0.05) is 13.8 Å². The number of aryl methyl sites for hydroxylation is 1. The lowest BCUT2D eigenvalue weighted by Crippen LogP contribution is -2.18. The van der Waals surface area contributed by atoms with Crippen LogP contribution in [0.4, 0.5) is 0 Å².